The molecule has 0 bridgehead atoms. The molecular weight excluding hydrogens is 264 g/mol. The molecule has 4 nitrogen and oxygen atoms in total. The molecule has 0 aliphatic rings. The molecule has 0 aliphatic heterocycles. The Morgan fingerprint density at radius 1 is 1.30 bits per heavy atom. The van der Waals surface area contributed by atoms with E-state index in [2.05, 4.69) is 4.98 Å². The van der Waals surface area contributed by atoms with E-state index in [9.17, 15) is 13.6 Å². The van der Waals surface area contributed by atoms with Crippen molar-refractivity contribution in [1.29, 1.82) is 0 Å². The van der Waals surface area contributed by atoms with E-state index in [0.29, 0.717) is 12.2 Å². The summed E-state index contributed by atoms with van der Waals surface area (Å²) in [6.07, 6.45) is 3.03. The molecule has 6 heteroatoms. The van der Waals surface area contributed by atoms with E-state index in [4.69, 9.17) is 5.73 Å². The summed E-state index contributed by atoms with van der Waals surface area (Å²) < 4.78 is 27.2. The van der Waals surface area contributed by atoms with Crippen LogP contribution in [0.5, 0.6) is 0 Å². The molecule has 0 saturated carbocycles. The topological polar surface area (TPSA) is 59.2 Å². The van der Waals surface area contributed by atoms with Gasteiger partial charge in [0, 0.05) is 24.6 Å². The molecule has 0 spiro atoms. The number of hydrogen-bond acceptors (Lipinski definition) is 3. The van der Waals surface area contributed by atoms with Gasteiger partial charge in [0.1, 0.15) is 5.82 Å². The Kier molecular flexibility index (Phi) is 3.93. The van der Waals surface area contributed by atoms with Gasteiger partial charge in [-0.15, -0.1) is 0 Å². The van der Waals surface area contributed by atoms with Crippen molar-refractivity contribution in [3.8, 4) is 0 Å². The minimum atomic E-state index is -0.913. The van der Waals surface area contributed by atoms with E-state index in [0.717, 1.165) is 12.1 Å². The SMILES string of the molecule is CCN(C(=O)c1cc(F)cc(N)c1F)c1ccncc1. The number of benzene rings is 1. The first kappa shape index (κ1) is 13.9. The van der Waals surface area contributed by atoms with Crippen LogP contribution in [-0.2, 0) is 0 Å². The monoisotopic (exact) mass is 277 g/mol. The molecule has 1 aromatic heterocycles. The van der Waals surface area contributed by atoms with E-state index in [1.54, 1.807) is 19.1 Å². The third kappa shape index (κ3) is 2.59. The first-order valence-corrected chi connectivity index (χ1v) is 6.01. The fourth-order valence-corrected chi connectivity index (χ4v) is 1.88. The molecule has 20 heavy (non-hydrogen) atoms. The molecule has 1 heterocycles. The van der Waals surface area contributed by atoms with Gasteiger partial charge < -0.3 is 10.6 Å². The van der Waals surface area contributed by atoms with Crippen molar-refractivity contribution in [2.24, 2.45) is 0 Å². The van der Waals surface area contributed by atoms with Gasteiger partial charge in [-0.3, -0.25) is 9.78 Å². The lowest BCUT2D eigenvalue weighted by molar-refractivity contribution is 0.0984. The minimum absolute atomic E-state index is 0.304. The van der Waals surface area contributed by atoms with Gasteiger partial charge in [0.2, 0.25) is 0 Å². The average molecular weight is 277 g/mol. The first-order valence-electron chi connectivity index (χ1n) is 6.01. The van der Waals surface area contributed by atoms with Crippen LogP contribution in [0.25, 0.3) is 0 Å². The summed E-state index contributed by atoms with van der Waals surface area (Å²) in [6.45, 7) is 2.04. The lowest BCUT2D eigenvalue weighted by Crippen LogP contribution is -2.31. The van der Waals surface area contributed by atoms with Gasteiger partial charge in [0.05, 0.1) is 11.3 Å². The van der Waals surface area contributed by atoms with Crippen molar-refractivity contribution >= 4 is 17.3 Å². The van der Waals surface area contributed by atoms with Gasteiger partial charge in [0.15, 0.2) is 5.82 Å². The predicted octanol–water partition coefficient (Wildman–Crippen LogP) is 2.61. The standard InChI is InChI=1S/C14H13F2N3O/c1-2-19(10-3-5-18-6-4-10)14(20)11-7-9(15)8-12(17)13(11)16/h3-8H,2,17H2,1H3. The maximum absolute atomic E-state index is 13.9. The number of pyridine rings is 1. The average Bonchev–Trinajstić information content (AvgIpc) is 2.44. The fourth-order valence-electron chi connectivity index (χ4n) is 1.88. The number of nitrogens with zero attached hydrogens (tertiary/aromatic N) is 2. The molecule has 0 fully saturated rings. The number of carbonyl (C=O) groups excluding carboxylic acids is 1. The number of anilines is 2. The zero-order valence-corrected chi connectivity index (χ0v) is 10.8. The van der Waals surface area contributed by atoms with E-state index in [1.807, 2.05) is 0 Å². The maximum Gasteiger partial charge on any atom is 0.261 e. The summed E-state index contributed by atoms with van der Waals surface area (Å²) in [5.41, 5.74) is 5.12. The summed E-state index contributed by atoms with van der Waals surface area (Å²) in [6, 6.07) is 4.91. The smallest absolute Gasteiger partial charge is 0.261 e. The largest absolute Gasteiger partial charge is 0.396 e. The van der Waals surface area contributed by atoms with Crippen molar-refractivity contribution in [1.82, 2.24) is 4.98 Å². The molecule has 104 valence electrons. The number of halogens is 2. The van der Waals surface area contributed by atoms with Crippen molar-refractivity contribution in [2.75, 3.05) is 17.2 Å². The highest BCUT2D eigenvalue weighted by molar-refractivity contribution is 6.06. The zero-order chi connectivity index (χ0) is 14.7. The second-order valence-corrected chi connectivity index (χ2v) is 4.11. The van der Waals surface area contributed by atoms with Gasteiger partial charge in [-0.05, 0) is 31.2 Å². The molecule has 0 radical (unpaired) electrons. The van der Waals surface area contributed by atoms with Gasteiger partial charge in [-0.2, -0.15) is 0 Å². The summed E-state index contributed by atoms with van der Waals surface area (Å²) >= 11 is 0. The number of nitrogen functional groups attached to an aromatic ring is 1. The Labute approximate surface area is 114 Å². The van der Waals surface area contributed by atoms with E-state index in [-0.39, 0.29) is 11.3 Å². The second-order valence-electron chi connectivity index (χ2n) is 4.11. The summed E-state index contributed by atoms with van der Waals surface area (Å²) in [4.78, 5) is 17.5. The van der Waals surface area contributed by atoms with Crippen LogP contribution in [-0.4, -0.2) is 17.4 Å². The fraction of sp³-hybridized carbons (Fsp3) is 0.143. The second kappa shape index (κ2) is 5.64. The summed E-state index contributed by atoms with van der Waals surface area (Å²) in [5, 5.41) is 0. The molecule has 1 aromatic carbocycles. The van der Waals surface area contributed by atoms with Crippen molar-refractivity contribution in [3.05, 3.63) is 53.9 Å². The lowest BCUT2D eigenvalue weighted by atomic mass is 10.1. The molecule has 2 rings (SSSR count). The molecule has 0 aliphatic carbocycles. The van der Waals surface area contributed by atoms with Crippen LogP contribution in [0, 0.1) is 11.6 Å². The predicted molar refractivity (Wildman–Crippen MR) is 72.4 cm³/mol. The maximum atomic E-state index is 13.9. The molecule has 1 amide bonds. The Morgan fingerprint density at radius 3 is 2.55 bits per heavy atom. The van der Waals surface area contributed by atoms with Gasteiger partial charge in [-0.1, -0.05) is 0 Å². The van der Waals surface area contributed by atoms with Crippen molar-refractivity contribution < 1.29 is 13.6 Å². The van der Waals surface area contributed by atoms with Gasteiger partial charge in [0.25, 0.3) is 5.91 Å². The molecule has 2 N–H and O–H groups in total. The molecule has 0 atom stereocenters. The van der Waals surface area contributed by atoms with E-state index < -0.39 is 17.5 Å². The number of hydrogen-bond donors (Lipinski definition) is 1. The number of carbonyl (C=O) groups is 1. The highest BCUT2D eigenvalue weighted by Gasteiger charge is 2.22. The lowest BCUT2D eigenvalue weighted by Gasteiger charge is -2.21. The highest BCUT2D eigenvalue weighted by atomic mass is 19.1. The molecular formula is C14H13F2N3O. The Balaban J connectivity index is 2.44. The normalized spacial score (nSPS) is 10.3. The Hall–Kier alpha value is -2.50. The van der Waals surface area contributed by atoms with Crippen LogP contribution in [0.1, 0.15) is 17.3 Å². The van der Waals surface area contributed by atoms with Gasteiger partial charge >= 0.3 is 0 Å². The number of amides is 1. The zero-order valence-electron chi connectivity index (χ0n) is 10.8. The third-order valence-corrected chi connectivity index (χ3v) is 2.83. The minimum Gasteiger partial charge on any atom is -0.396 e. The number of nitrogens with two attached hydrogens (primary N) is 1. The van der Waals surface area contributed by atoms with Crippen molar-refractivity contribution in [3.63, 3.8) is 0 Å². The Bertz CT molecular complexity index is 632. The van der Waals surface area contributed by atoms with Crippen LogP contribution < -0.4 is 10.6 Å². The van der Waals surface area contributed by atoms with Crippen LogP contribution in [0.3, 0.4) is 0 Å². The third-order valence-electron chi connectivity index (χ3n) is 2.83. The van der Waals surface area contributed by atoms with Crippen LogP contribution in [0.2, 0.25) is 0 Å². The van der Waals surface area contributed by atoms with E-state index >= 15 is 0 Å². The number of rotatable bonds is 3. The Morgan fingerprint density at radius 2 is 1.95 bits per heavy atom. The van der Waals surface area contributed by atoms with Crippen molar-refractivity contribution in [2.45, 2.75) is 6.92 Å². The van der Waals surface area contributed by atoms with Crippen LogP contribution in [0.15, 0.2) is 36.7 Å². The quantitative estimate of drug-likeness (QED) is 0.877. The highest BCUT2D eigenvalue weighted by Crippen LogP contribution is 2.22. The summed E-state index contributed by atoms with van der Waals surface area (Å²) in [5.74, 6) is -2.32. The molecule has 2 aromatic rings. The van der Waals surface area contributed by atoms with E-state index in [1.165, 1.54) is 17.3 Å². The van der Waals surface area contributed by atoms with Gasteiger partial charge in [-0.25, -0.2) is 8.78 Å². The van der Waals surface area contributed by atoms with Crippen LogP contribution >= 0.6 is 0 Å². The number of aromatic nitrogens is 1. The molecule has 0 unspecified atom stereocenters. The summed E-state index contributed by atoms with van der Waals surface area (Å²) in [7, 11) is 0. The van der Waals surface area contributed by atoms with Crippen LogP contribution in [0.4, 0.5) is 20.2 Å². The molecule has 0 saturated heterocycles. The first-order chi connectivity index (χ1) is 9.54.